The summed E-state index contributed by atoms with van der Waals surface area (Å²) in [5, 5.41) is 9.53. The van der Waals surface area contributed by atoms with E-state index in [0.717, 1.165) is 21.6 Å². The number of carboxylic acids is 1. The van der Waals surface area contributed by atoms with Crippen molar-refractivity contribution in [2.75, 3.05) is 5.75 Å². The van der Waals surface area contributed by atoms with Crippen molar-refractivity contribution in [2.24, 2.45) is 0 Å². The molecule has 0 unspecified atom stereocenters. The van der Waals surface area contributed by atoms with Crippen LogP contribution < -0.4 is 0 Å². The molecule has 0 aliphatic heterocycles. The van der Waals surface area contributed by atoms with Crippen LogP contribution in [0.25, 0.3) is 11.2 Å². The highest BCUT2D eigenvalue weighted by molar-refractivity contribution is 7.99. The fraction of sp³-hybridized carbons (Fsp3) is 0.231. The van der Waals surface area contributed by atoms with Gasteiger partial charge in [0.25, 0.3) is 0 Å². The Morgan fingerprint density at radius 3 is 3.05 bits per heavy atom. The van der Waals surface area contributed by atoms with Crippen LogP contribution in [0.4, 0.5) is 0 Å². The van der Waals surface area contributed by atoms with Crippen LogP contribution in [0.5, 0.6) is 0 Å². The van der Waals surface area contributed by atoms with Crippen molar-refractivity contribution >= 4 is 40.2 Å². The van der Waals surface area contributed by atoms with Crippen LogP contribution in [-0.4, -0.2) is 36.3 Å². The third-order valence-electron chi connectivity index (χ3n) is 2.81. The van der Waals surface area contributed by atoms with Gasteiger partial charge >= 0.3 is 5.97 Å². The Bertz CT molecular complexity index is 783. The van der Waals surface area contributed by atoms with Gasteiger partial charge in [-0.1, -0.05) is 11.8 Å². The minimum absolute atomic E-state index is 0.0228. The molecule has 6 nitrogen and oxygen atoms in total. The molecule has 0 saturated carbocycles. The number of nitrogens with zero attached hydrogens (tertiary/aromatic N) is 4. The van der Waals surface area contributed by atoms with Gasteiger partial charge in [0.05, 0.1) is 17.8 Å². The summed E-state index contributed by atoms with van der Waals surface area (Å²) < 4.78 is 1.94. The number of hydrogen-bond acceptors (Lipinski definition) is 6. The van der Waals surface area contributed by atoms with Crippen LogP contribution in [0, 0.1) is 6.92 Å². The van der Waals surface area contributed by atoms with E-state index < -0.39 is 5.97 Å². The van der Waals surface area contributed by atoms with Crippen molar-refractivity contribution in [3.05, 3.63) is 34.4 Å². The first-order chi connectivity index (χ1) is 10.1. The molecule has 0 spiro atoms. The van der Waals surface area contributed by atoms with Crippen molar-refractivity contribution in [2.45, 2.75) is 18.6 Å². The highest BCUT2D eigenvalue weighted by atomic mass is 32.2. The van der Waals surface area contributed by atoms with Gasteiger partial charge in [0.2, 0.25) is 0 Å². The predicted molar refractivity (Wildman–Crippen MR) is 81.8 cm³/mol. The normalized spacial score (nSPS) is 11.1. The lowest BCUT2D eigenvalue weighted by Gasteiger charge is -2.05. The van der Waals surface area contributed by atoms with Gasteiger partial charge in [0.15, 0.2) is 10.8 Å². The van der Waals surface area contributed by atoms with Crippen LogP contribution in [0.3, 0.4) is 0 Å². The smallest absolute Gasteiger partial charge is 0.313 e. The molecule has 0 radical (unpaired) electrons. The Hall–Kier alpha value is -1.93. The van der Waals surface area contributed by atoms with Crippen molar-refractivity contribution in [1.29, 1.82) is 0 Å². The summed E-state index contributed by atoms with van der Waals surface area (Å²) in [7, 11) is 0. The zero-order valence-corrected chi connectivity index (χ0v) is 12.8. The number of thiazole rings is 1. The lowest BCUT2D eigenvalue weighted by molar-refractivity contribution is -0.133. The average Bonchev–Trinajstić information content (AvgIpc) is 3.05. The zero-order valence-electron chi connectivity index (χ0n) is 11.2. The summed E-state index contributed by atoms with van der Waals surface area (Å²) in [6.45, 7) is 2.55. The molecule has 0 atom stereocenters. The fourth-order valence-corrected chi connectivity index (χ4v) is 3.25. The SMILES string of the molecule is Cc1cnc2c(c1)nc(SCC(=O)O)n2Cc1cncs1. The van der Waals surface area contributed by atoms with E-state index in [4.69, 9.17) is 5.11 Å². The van der Waals surface area contributed by atoms with Crippen LogP contribution in [0.1, 0.15) is 10.4 Å². The first-order valence-corrected chi connectivity index (χ1v) is 8.05. The molecule has 0 aliphatic rings. The topological polar surface area (TPSA) is 80.9 Å². The molecule has 3 heterocycles. The number of carboxylic acid groups (broad SMARTS) is 1. The van der Waals surface area contributed by atoms with Crippen LogP contribution in [0.15, 0.2) is 29.1 Å². The molecule has 3 rings (SSSR count). The maximum Gasteiger partial charge on any atom is 0.313 e. The molecule has 3 aromatic rings. The van der Waals surface area contributed by atoms with E-state index >= 15 is 0 Å². The van der Waals surface area contributed by atoms with E-state index in [2.05, 4.69) is 15.0 Å². The maximum atomic E-state index is 10.8. The van der Waals surface area contributed by atoms with E-state index in [-0.39, 0.29) is 5.75 Å². The van der Waals surface area contributed by atoms with Crippen LogP contribution >= 0.6 is 23.1 Å². The summed E-state index contributed by atoms with van der Waals surface area (Å²) >= 11 is 2.76. The summed E-state index contributed by atoms with van der Waals surface area (Å²) in [6, 6.07) is 1.95. The maximum absolute atomic E-state index is 10.8. The van der Waals surface area contributed by atoms with Gasteiger partial charge in [-0.15, -0.1) is 11.3 Å². The number of rotatable bonds is 5. The largest absolute Gasteiger partial charge is 0.481 e. The standard InChI is InChI=1S/C13H12N4O2S2/c1-8-2-10-12(15-3-8)17(5-9-4-14-7-21-9)13(16-10)20-6-11(18)19/h2-4,7H,5-6H2,1H3,(H,18,19). The number of hydrogen-bond donors (Lipinski definition) is 1. The Balaban J connectivity index is 2.03. The van der Waals surface area contributed by atoms with Gasteiger partial charge < -0.3 is 5.11 Å². The number of fused-ring (bicyclic) bond motifs is 1. The van der Waals surface area contributed by atoms with Gasteiger partial charge in [0.1, 0.15) is 5.52 Å². The second kappa shape index (κ2) is 5.82. The van der Waals surface area contributed by atoms with Crippen molar-refractivity contribution in [3.8, 4) is 0 Å². The quantitative estimate of drug-likeness (QED) is 0.727. The molecule has 21 heavy (non-hydrogen) atoms. The molecule has 0 fully saturated rings. The Labute approximate surface area is 128 Å². The van der Waals surface area contributed by atoms with Gasteiger partial charge in [-0.05, 0) is 18.6 Å². The molecule has 108 valence electrons. The predicted octanol–water partition coefficient (Wildman–Crippen LogP) is 2.42. The summed E-state index contributed by atoms with van der Waals surface area (Å²) in [4.78, 5) is 24.9. The van der Waals surface area contributed by atoms with Crippen LogP contribution in [0.2, 0.25) is 0 Å². The van der Waals surface area contributed by atoms with E-state index in [9.17, 15) is 4.79 Å². The third kappa shape index (κ3) is 3.06. The summed E-state index contributed by atoms with van der Waals surface area (Å²) in [5.41, 5.74) is 4.35. The van der Waals surface area contributed by atoms with Gasteiger partial charge in [-0.25, -0.2) is 9.97 Å². The Morgan fingerprint density at radius 1 is 1.48 bits per heavy atom. The molecule has 0 aromatic carbocycles. The highest BCUT2D eigenvalue weighted by Crippen LogP contribution is 2.25. The second-order valence-corrected chi connectivity index (χ2v) is 6.40. The molecular formula is C13H12N4O2S2. The van der Waals surface area contributed by atoms with Crippen molar-refractivity contribution in [1.82, 2.24) is 19.5 Å². The molecule has 0 aliphatic carbocycles. The van der Waals surface area contributed by atoms with Gasteiger partial charge in [-0.3, -0.25) is 14.3 Å². The lowest BCUT2D eigenvalue weighted by Crippen LogP contribution is -2.04. The van der Waals surface area contributed by atoms with E-state index in [1.54, 1.807) is 29.2 Å². The number of aromatic nitrogens is 4. The second-order valence-electron chi connectivity index (χ2n) is 4.49. The van der Waals surface area contributed by atoms with Crippen molar-refractivity contribution < 1.29 is 9.90 Å². The Kier molecular flexibility index (Phi) is 3.89. The van der Waals surface area contributed by atoms with E-state index in [0.29, 0.717) is 11.7 Å². The Morgan fingerprint density at radius 2 is 2.33 bits per heavy atom. The van der Waals surface area contributed by atoms with Crippen molar-refractivity contribution in [3.63, 3.8) is 0 Å². The number of aliphatic carboxylic acids is 1. The molecule has 0 amide bonds. The molecule has 8 heteroatoms. The summed E-state index contributed by atoms with van der Waals surface area (Å²) in [5.74, 6) is -0.883. The summed E-state index contributed by atoms with van der Waals surface area (Å²) in [6.07, 6.45) is 3.59. The first kappa shape index (κ1) is 14.0. The molecule has 3 aromatic heterocycles. The first-order valence-electron chi connectivity index (χ1n) is 6.18. The highest BCUT2D eigenvalue weighted by Gasteiger charge is 2.14. The molecule has 0 bridgehead atoms. The minimum atomic E-state index is -0.861. The lowest BCUT2D eigenvalue weighted by atomic mass is 10.3. The number of imidazole rings is 1. The number of thioether (sulfide) groups is 1. The number of aryl methyl sites for hydroxylation is 1. The average molecular weight is 320 g/mol. The molecule has 0 saturated heterocycles. The zero-order chi connectivity index (χ0) is 14.8. The molecule has 1 N–H and O–H groups in total. The molecular weight excluding hydrogens is 308 g/mol. The van der Waals surface area contributed by atoms with Crippen LogP contribution in [-0.2, 0) is 11.3 Å². The van der Waals surface area contributed by atoms with E-state index in [1.165, 1.54) is 11.8 Å². The van der Waals surface area contributed by atoms with E-state index in [1.807, 2.05) is 17.6 Å². The third-order valence-corrected chi connectivity index (χ3v) is 4.53. The number of pyridine rings is 1. The monoisotopic (exact) mass is 320 g/mol. The van der Waals surface area contributed by atoms with Gasteiger partial charge in [0, 0.05) is 17.3 Å². The number of carbonyl (C=O) groups is 1. The fourth-order valence-electron chi connectivity index (χ4n) is 1.95. The van der Waals surface area contributed by atoms with Gasteiger partial charge in [-0.2, -0.15) is 0 Å². The minimum Gasteiger partial charge on any atom is -0.481 e.